The molecule has 0 saturated carbocycles. The van der Waals surface area contributed by atoms with Crippen LogP contribution in [0.3, 0.4) is 0 Å². The molecule has 2 aromatic carbocycles. The van der Waals surface area contributed by atoms with Crippen molar-refractivity contribution < 1.29 is 37.7 Å². The second-order valence-corrected chi connectivity index (χ2v) is 9.31. The summed E-state index contributed by atoms with van der Waals surface area (Å²) in [5.74, 6) is -0.601. The van der Waals surface area contributed by atoms with Crippen LogP contribution in [0.1, 0.15) is 42.5 Å². The van der Waals surface area contributed by atoms with Crippen LogP contribution in [-0.2, 0) is 26.9 Å². The monoisotopic (exact) mass is 525 g/mol. The fraction of sp³-hybridized carbons (Fsp3) is 0.259. The largest absolute Gasteiger partial charge is 0.494 e. The number of nitrogens with one attached hydrogen (secondary N) is 1. The highest BCUT2D eigenvalue weighted by molar-refractivity contribution is 5.88. The number of aromatic hydroxyl groups is 2. The number of hydrogen-bond acceptors (Lipinski definition) is 6. The predicted molar refractivity (Wildman–Crippen MR) is 129 cm³/mol. The van der Waals surface area contributed by atoms with Gasteiger partial charge in [-0.05, 0) is 61.5 Å². The molecule has 0 unspecified atom stereocenters. The standard InChI is InChI=1S/C27H22F3N3O5/c1-15(34)32-17-4-7-19(8-5-17)37-12-11-26-10-9-25(2,38-26)21-22(26)24(36)33(23(21)35)18-6-3-16(14-31)20(13-18)27(28,29)30/h3-10,13,35-36H,11-12H2,1-2H3,(H,32,34)/t25-,26-/m0/s1. The summed E-state index contributed by atoms with van der Waals surface area (Å²) in [4.78, 5) is 11.2. The summed E-state index contributed by atoms with van der Waals surface area (Å²) in [6, 6.07) is 11.2. The number of anilines is 1. The summed E-state index contributed by atoms with van der Waals surface area (Å²) < 4.78 is 53.7. The first-order valence-corrected chi connectivity index (χ1v) is 11.6. The number of benzene rings is 2. The van der Waals surface area contributed by atoms with Gasteiger partial charge in [0.2, 0.25) is 17.7 Å². The highest BCUT2D eigenvalue weighted by Crippen LogP contribution is 2.62. The molecule has 0 spiro atoms. The lowest BCUT2D eigenvalue weighted by Crippen LogP contribution is -2.25. The lowest BCUT2D eigenvalue weighted by atomic mass is 9.83. The molecule has 5 rings (SSSR count). The molecule has 3 aromatic rings. The van der Waals surface area contributed by atoms with Gasteiger partial charge >= 0.3 is 6.18 Å². The summed E-state index contributed by atoms with van der Waals surface area (Å²) >= 11 is 0. The van der Waals surface area contributed by atoms with Crippen LogP contribution in [0.2, 0.25) is 0 Å². The molecular weight excluding hydrogens is 503 g/mol. The zero-order chi connectivity index (χ0) is 27.5. The number of fused-ring (bicyclic) bond motifs is 5. The number of aromatic nitrogens is 1. The van der Waals surface area contributed by atoms with Gasteiger partial charge in [0.05, 0.1) is 40.6 Å². The van der Waals surface area contributed by atoms with Crippen LogP contribution in [0, 0.1) is 11.3 Å². The van der Waals surface area contributed by atoms with Crippen molar-refractivity contribution in [3.8, 4) is 29.3 Å². The molecular formula is C27H22F3N3O5. The molecule has 8 nitrogen and oxygen atoms in total. The fourth-order valence-electron chi connectivity index (χ4n) is 5.09. The van der Waals surface area contributed by atoms with E-state index < -0.39 is 40.3 Å². The topological polar surface area (TPSA) is 117 Å². The predicted octanol–water partition coefficient (Wildman–Crippen LogP) is 5.22. The Bertz CT molecular complexity index is 1520. The van der Waals surface area contributed by atoms with Gasteiger partial charge < -0.3 is 25.0 Å². The molecule has 0 fully saturated rings. The Kier molecular flexibility index (Phi) is 5.69. The second-order valence-electron chi connectivity index (χ2n) is 9.31. The SMILES string of the molecule is CC(=O)Nc1ccc(OCC[C@]23C=C[C@](C)(O2)c2c3c(O)n(-c3ccc(C#N)c(C(F)(F)F)c3)c2O)cc1. The summed E-state index contributed by atoms with van der Waals surface area (Å²) in [6.45, 7) is 3.22. The number of halogens is 3. The third kappa shape index (κ3) is 3.94. The highest BCUT2D eigenvalue weighted by Gasteiger charge is 2.58. The van der Waals surface area contributed by atoms with E-state index in [1.165, 1.54) is 19.1 Å². The van der Waals surface area contributed by atoms with Crippen LogP contribution < -0.4 is 10.1 Å². The minimum atomic E-state index is -4.81. The maximum atomic E-state index is 13.6. The van der Waals surface area contributed by atoms with Crippen LogP contribution >= 0.6 is 0 Å². The van der Waals surface area contributed by atoms with Crippen molar-refractivity contribution in [1.82, 2.24) is 4.57 Å². The van der Waals surface area contributed by atoms with Gasteiger partial charge in [-0.15, -0.1) is 0 Å². The van der Waals surface area contributed by atoms with E-state index in [1.807, 2.05) is 0 Å². The lowest BCUT2D eigenvalue weighted by molar-refractivity contribution is -0.137. The van der Waals surface area contributed by atoms with Gasteiger partial charge in [0.15, 0.2) is 0 Å². The average molecular weight is 525 g/mol. The summed E-state index contributed by atoms with van der Waals surface area (Å²) in [7, 11) is 0. The van der Waals surface area contributed by atoms with Gasteiger partial charge in [0.1, 0.15) is 17.0 Å². The first kappa shape index (κ1) is 25.2. The third-order valence-corrected chi connectivity index (χ3v) is 6.71. The van der Waals surface area contributed by atoms with E-state index in [1.54, 1.807) is 43.3 Å². The molecule has 2 aliphatic heterocycles. The molecule has 3 heterocycles. The van der Waals surface area contributed by atoms with Crippen molar-refractivity contribution in [2.24, 2.45) is 0 Å². The summed E-state index contributed by atoms with van der Waals surface area (Å²) in [6.07, 6.45) is -1.13. The second kappa shape index (κ2) is 8.56. The molecule has 2 atom stereocenters. The number of carbonyl (C=O) groups is 1. The Morgan fingerprint density at radius 1 is 1.13 bits per heavy atom. The fourth-order valence-corrected chi connectivity index (χ4v) is 5.09. The molecule has 1 amide bonds. The molecule has 2 bridgehead atoms. The van der Waals surface area contributed by atoms with Gasteiger partial charge in [0, 0.05) is 19.0 Å². The molecule has 196 valence electrons. The van der Waals surface area contributed by atoms with Gasteiger partial charge in [-0.1, -0.05) is 0 Å². The van der Waals surface area contributed by atoms with E-state index in [9.17, 15) is 28.2 Å². The van der Waals surface area contributed by atoms with Crippen LogP contribution in [-0.4, -0.2) is 27.3 Å². The van der Waals surface area contributed by atoms with E-state index in [0.29, 0.717) is 17.5 Å². The number of alkyl halides is 3. The maximum absolute atomic E-state index is 13.6. The molecule has 38 heavy (non-hydrogen) atoms. The van der Waals surface area contributed by atoms with E-state index in [-0.39, 0.29) is 35.7 Å². The van der Waals surface area contributed by atoms with E-state index in [4.69, 9.17) is 14.7 Å². The van der Waals surface area contributed by atoms with E-state index >= 15 is 0 Å². The highest BCUT2D eigenvalue weighted by atomic mass is 19.4. The Morgan fingerprint density at radius 2 is 1.82 bits per heavy atom. The van der Waals surface area contributed by atoms with Crippen LogP contribution in [0.5, 0.6) is 17.5 Å². The van der Waals surface area contributed by atoms with Crippen molar-refractivity contribution in [3.05, 3.63) is 76.9 Å². The van der Waals surface area contributed by atoms with E-state index in [2.05, 4.69) is 5.32 Å². The quantitative estimate of drug-likeness (QED) is 0.380. The maximum Gasteiger partial charge on any atom is 0.417 e. The Labute approximate surface area is 215 Å². The molecule has 0 saturated heterocycles. The zero-order valence-corrected chi connectivity index (χ0v) is 20.3. The third-order valence-electron chi connectivity index (χ3n) is 6.71. The van der Waals surface area contributed by atoms with Crippen molar-refractivity contribution in [1.29, 1.82) is 5.26 Å². The van der Waals surface area contributed by atoms with Crippen LogP contribution in [0.25, 0.3) is 5.69 Å². The number of nitriles is 1. The minimum absolute atomic E-state index is 0.139. The molecule has 0 aliphatic carbocycles. The van der Waals surface area contributed by atoms with Gasteiger partial charge in [0.25, 0.3) is 0 Å². The number of hydrogen-bond donors (Lipinski definition) is 3. The van der Waals surface area contributed by atoms with Gasteiger partial charge in [-0.2, -0.15) is 18.4 Å². The zero-order valence-electron chi connectivity index (χ0n) is 20.3. The van der Waals surface area contributed by atoms with Crippen LogP contribution in [0.4, 0.5) is 18.9 Å². The lowest BCUT2D eigenvalue weighted by Gasteiger charge is -2.25. The van der Waals surface area contributed by atoms with Crippen LogP contribution in [0.15, 0.2) is 54.6 Å². The Hall–Kier alpha value is -4.43. The molecule has 3 N–H and O–H groups in total. The number of rotatable bonds is 6. The number of carbonyl (C=O) groups excluding carboxylic acids is 1. The normalized spacial score (nSPS) is 21.3. The molecule has 2 aliphatic rings. The van der Waals surface area contributed by atoms with Gasteiger partial charge in [-0.25, -0.2) is 0 Å². The van der Waals surface area contributed by atoms with Gasteiger partial charge in [-0.3, -0.25) is 9.36 Å². The number of nitrogens with zero attached hydrogens (tertiary/aromatic N) is 2. The summed E-state index contributed by atoms with van der Waals surface area (Å²) in [5, 5.41) is 34.0. The average Bonchev–Trinajstić information content (AvgIpc) is 3.43. The summed E-state index contributed by atoms with van der Waals surface area (Å²) in [5.41, 5.74) is -3.13. The van der Waals surface area contributed by atoms with E-state index in [0.717, 1.165) is 10.6 Å². The van der Waals surface area contributed by atoms with Crippen molar-refractivity contribution in [3.63, 3.8) is 0 Å². The molecule has 11 heteroatoms. The number of amides is 1. The molecule has 0 radical (unpaired) electrons. The minimum Gasteiger partial charge on any atom is -0.494 e. The van der Waals surface area contributed by atoms with Crippen molar-refractivity contribution in [2.45, 2.75) is 37.6 Å². The smallest absolute Gasteiger partial charge is 0.417 e. The van der Waals surface area contributed by atoms with Crippen molar-refractivity contribution in [2.75, 3.05) is 11.9 Å². The number of ether oxygens (including phenoxy) is 2. The Balaban J connectivity index is 1.46. The Morgan fingerprint density at radius 3 is 2.45 bits per heavy atom. The molecule has 1 aromatic heterocycles. The van der Waals surface area contributed by atoms with Crippen molar-refractivity contribution >= 4 is 11.6 Å². The first-order valence-electron chi connectivity index (χ1n) is 11.6. The first-order chi connectivity index (χ1) is 17.9.